The summed E-state index contributed by atoms with van der Waals surface area (Å²) in [6.45, 7) is 1.72. The summed E-state index contributed by atoms with van der Waals surface area (Å²) in [6, 6.07) is 9.55. The van der Waals surface area contributed by atoms with Gasteiger partial charge in [-0.2, -0.15) is 0 Å². The van der Waals surface area contributed by atoms with E-state index < -0.39 is 0 Å². The number of nitrogens with one attached hydrogen (secondary N) is 1. The minimum Gasteiger partial charge on any atom is -0.380 e. The number of methoxy groups -OCH3 is 1. The lowest BCUT2D eigenvalue weighted by molar-refractivity contribution is 0.185. The van der Waals surface area contributed by atoms with E-state index >= 15 is 0 Å². The number of ether oxygens (including phenoxy) is 1. The summed E-state index contributed by atoms with van der Waals surface area (Å²) >= 11 is 0. The van der Waals surface area contributed by atoms with Crippen LogP contribution in [0.1, 0.15) is 36.8 Å². The summed E-state index contributed by atoms with van der Waals surface area (Å²) in [5, 5.41) is 3.75. The van der Waals surface area contributed by atoms with E-state index in [2.05, 4.69) is 29.6 Å². The summed E-state index contributed by atoms with van der Waals surface area (Å²) in [5.41, 5.74) is 2.64. The highest BCUT2D eigenvalue weighted by Crippen LogP contribution is 2.44. The molecule has 2 heteroatoms. The molecule has 3 atom stereocenters. The third-order valence-corrected chi connectivity index (χ3v) is 4.64. The Morgan fingerprint density at radius 2 is 1.89 bits per heavy atom. The lowest BCUT2D eigenvalue weighted by Crippen LogP contribution is -2.33. The third kappa shape index (κ3) is 2.60. The molecule has 1 aromatic rings. The lowest BCUT2D eigenvalue weighted by Gasteiger charge is -2.23. The van der Waals surface area contributed by atoms with Crippen LogP contribution in [0.15, 0.2) is 24.3 Å². The Labute approximate surface area is 110 Å². The standard InChI is InChI=1S/C16H23NO/c1-18-11-13-4-2-12(3-5-13)10-17-16-9-14-6-7-15(16)8-14/h2-5,14-17H,6-11H2,1H3. The van der Waals surface area contributed by atoms with Crippen LogP contribution < -0.4 is 5.32 Å². The normalized spacial score (nSPS) is 29.9. The van der Waals surface area contributed by atoms with Gasteiger partial charge in [0.15, 0.2) is 0 Å². The summed E-state index contributed by atoms with van der Waals surface area (Å²) in [6.07, 6.45) is 5.82. The van der Waals surface area contributed by atoms with Gasteiger partial charge in [-0.05, 0) is 42.2 Å². The molecule has 2 aliphatic carbocycles. The number of hydrogen-bond acceptors (Lipinski definition) is 2. The molecule has 3 rings (SSSR count). The molecule has 2 saturated carbocycles. The summed E-state index contributed by atoms with van der Waals surface area (Å²) in [5.74, 6) is 1.99. The molecule has 2 aliphatic rings. The number of benzene rings is 1. The van der Waals surface area contributed by atoms with Crippen molar-refractivity contribution in [1.82, 2.24) is 5.32 Å². The Morgan fingerprint density at radius 1 is 1.11 bits per heavy atom. The van der Waals surface area contributed by atoms with Crippen LogP contribution in [0, 0.1) is 11.8 Å². The average Bonchev–Trinajstić information content (AvgIpc) is 3.00. The van der Waals surface area contributed by atoms with Crippen molar-refractivity contribution >= 4 is 0 Å². The minimum absolute atomic E-state index is 0.708. The lowest BCUT2D eigenvalue weighted by atomic mass is 9.95. The number of rotatable bonds is 5. The highest BCUT2D eigenvalue weighted by Gasteiger charge is 2.38. The fraction of sp³-hybridized carbons (Fsp3) is 0.625. The second kappa shape index (κ2) is 5.41. The Kier molecular flexibility index (Phi) is 3.67. The zero-order valence-electron chi connectivity index (χ0n) is 11.2. The van der Waals surface area contributed by atoms with Crippen LogP contribution in [0.25, 0.3) is 0 Å². The summed E-state index contributed by atoms with van der Waals surface area (Å²) < 4.78 is 5.13. The first-order valence-electron chi connectivity index (χ1n) is 7.15. The second-order valence-corrected chi connectivity index (χ2v) is 5.91. The minimum atomic E-state index is 0.708. The summed E-state index contributed by atoms with van der Waals surface area (Å²) in [7, 11) is 1.74. The maximum absolute atomic E-state index is 5.13. The van der Waals surface area contributed by atoms with Gasteiger partial charge in [-0.15, -0.1) is 0 Å². The average molecular weight is 245 g/mol. The molecule has 2 nitrogen and oxygen atoms in total. The van der Waals surface area contributed by atoms with E-state index in [0.717, 1.165) is 24.4 Å². The van der Waals surface area contributed by atoms with Crippen LogP contribution in [0.2, 0.25) is 0 Å². The molecular formula is C16H23NO. The Bertz CT molecular complexity index is 387. The molecule has 1 aromatic carbocycles. The molecule has 2 bridgehead atoms. The van der Waals surface area contributed by atoms with Crippen LogP contribution in [-0.4, -0.2) is 13.2 Å². The Balaban J connectivity index is 1.50. The van der Waals surface area contributed by atoms with Gasteiger partial charge in [0.05, 0.1) is 6.61 Å². The van der Waals surface area contributed by atoms with Gasteiger partial charge in [-0.3, -0.25) is 0 Å². The van der Waals surface area contributed by atoms with Crippen LogP contribution >= 0.6 is 0 Å². The molecule has 0 heterocycles. The molecule has 0 radical (unpaired) electrons. The highest BCUT2D eigenvalue weighted by atomic mass is 16.5. The van der Waals surface area contributed by atoms with E-state index in [1.165, 1.54) is 36.8 Å². The van der Waals surface area contributed by atoms with Crippen molar-refractivity contribution in [3.05, 3.63) is 35.4 Å². The largest absolute Gasteiger partial charge is 0.380 e. The van der Waals surface area contributed by atoms with Gasteiger partial charge in [0, 0.05) is 19.7 Å². The number of hydrogen-bond donors (Lipinski definition) is 1. The molecule has 0 aromatic heterocycles. The van der Waals surface area contributed by atoms with E-state index in [4.69, 9.17) is 4.74 Å². The first kappa shape index (κ1) is 12.2. The molecule has 1 N–H and O–H groups in total. The quantitative estimate of drug-likeness (QED) is 0.860. The van der Waals surface area contributed by atoms with E-state index in [0.29, 0.717) is 6.61 Å². The van der Waals surface area contributed by atoms with Crippen molar-refractivity contribution in [2.75, 3.05) is 7.11 Å². The van der Waals surface area contributed by atoms with Gasteiger partial charge in [-0.25, -0.2) is 0 Å². The fourth-order valence-corrected chi connectivity index (χ4v) is 3.66. The van der Waals surface area contributed by atoms with Gasteiger partial charge in [0.25, 0.3) is 0 Å². The van der Waals surface area contributed by atoms with E-state index in [9.17, 15) is 0 Å². The maximum atomic E-state index is 5.13. The predicted molar refractivity (Wildman–Crippen MR) is 73.2 cm³/mol. The van der Waals surface area contributed by atoms with Crippen molar-refractivity contribution in [1.29, 1.82) is 0 Å². The van der Waals surface area contributed by atoms with E-state index in [1.807, 2.05) is 0 Å². The van der Waals surface area contributed by atoms with Gasteiger partial charge < -0.3 is 10.1 Å². The molecule has 0 spiro atoms. The molecule has 0 saturated heterocycles. The van der Waals surface area contributed by atoms with Crippen LogP contribution in [0.5, 0.6) is 0 Å². The third-order valence-electron chi connectivity index (χ3n) is 4.64. The molecule has 0 amide bonds. The first-order valence-corrected chi connectivity index (χ1v) is 7.15. The summed E-state index contributed by atoms with van der Waals surface area (Å²) in [4.78, 5) is 0. The van der Waals surface area contributed by atoms with E-state index in [-0.39, 0.29) is 0 Å². The van der Waals surface area contributed by atoms with Crippen molar-refractivity contribution in [3.63, 3.8) is 0 Å². The monoisotopic (exact) mass is 245 g/mol. The fourth-order valence-electron chi connectivity index (χ4n) is 3.66. The zero-order chi connectivity index (χ0) is 12.4. The predicted octanol–water partition coefficient (Wildman–Crippen LogP) is 3.11. The van der Waals surface area contributed by atoms with Crippen molar-refractivity contribution in [2.45, 2.75) is 44.9 Å². The zero-order valence-corrected chi connectivity index (χ0v) is 11.2. The van der Waals surface area contributed by atoms with Crippen molar-refractivity contribution < 1.29 is 4.74 Å². The van der Waals surface area contributed by atoms with Crippen LogP contribution in [0.4, 0.5) is 0 Å². The Hall–Kier alpha value is -0.860. The molecule has 2 fully saturated rings. The SMILES string of the molecule is COCc1ccc(CNC2CC3CCC2C3)cc1. The smallest absolute Gasteiger partial charge is 0.0713 e. The van der Waals surface area contributed by atoms with Gasteiger partial charge in [-0.1, -0.05) is 30.7 Å². The molecule has 3 unspecified atom stereocenters. The van der Waals surface area contributed by atoms with Crippen LogP contribution in [0.3, 0.4) is 0 Å². The molecular weight excluding hydrogens is 222 g/mol. The molecule has 98 valence electrons. The highest BCUT2D eigenvalue weighted by molar-refractivity contribution is 5.22. The van der Waals surface area contributed by atoms with Gasteiger partial charge in [0.2, 0.25) is 0 Å². The van der Waals surface area contributed by atoms with Crippen LogP contribution in [-0.2, 0) is 17.9 Å². The van der Waals surface area contributed by atoms with Gasteiger partial charge >= 0.3 is 0 Å². The topological polar surface area (TPSA) is 21.3 Å². The van der Waals surface area contributed by atoms with Crippen molar-refractivity contribution in [3.8, 4) is 0 Å². The number of fused-ring (bicyclic) bond motifs is 2. The molecule has 18 heavy (non-hydrogen) atoms. The van der Waals surface area contributed by atoms with Crippen molar-refractivity contribution in [2.24, 2.45) is 11.8 Å². The maximum Gasteiger partial charge on any atom is 0.0713 e. The second-order valence-electron chi connectivity index (χ2n) is 5.91. The molecule has 0 aliphatic heterocycles. The first-order chi connectivity index (χ1) is 8.85. The van der Waals surface area contributed by atoms with E-state index in [1.54, 1.807) is 7.11 Å². The Morgan fingerprint density at radius 3 is 2.50 bits per heavy atom. The van der Waals surface area contributed by atoms with Gasteiger partial charge in [0.1, 0.15) is 0 Å².